The molecule has 1 saturated carbocycles. The topological polar surface area (TPSA) is 55.8 Å². The molecule has 0 saturated heterocycles. The van der Waals surface area contributed by atoms with Gasteiger partial charge >= 0.3 is 5.97 Å². The Balaban J connectivity index is 1.53. The number of carbonyl (C=O) groups is 2. The first-order valence-corrected chi connectivity index (χ1v) is 10.4. The Morgan fingerprint density at radius 1 is 0.966 bits per heavy atom. The van der Waals surface area contributed by atoms with E-state index in [-0.39, 0.29) is 11.9 Å². The van der Waals surface area contributed by atoms with Crippen molar-refractivity contribution < 1.29 is 19.1 Å². The summed E-state index contributed by atoms with van der Waals surface area (Å²) < 4.78 is 11.6. The van der Waals surface area contributed by atoms with Crippen molar-refractivity contribution in [3.8, 4) is 11.5 Å². The van der Waals surface area contributed by atoms with Crippen molar-refractivity contribution in [2.75, 3.05) is 7.05 Å². The number of rotatable bonds is 4. The van der Waals surface area contributed by atoms with Gasteiger partial charge in [0.1, 0.15) is 17.4 Å². The van der Waals surface area contributed by atoms with Crippen molar-refractivity contribution in [3.05, 3.63) is 59.7 Å². The number of esters is 1. The van der Waals surface area contributed by atoms with Gasteiger partial charge in [0.2, 0.25) is 0 Å². The molecule has 5 heteroatoms. The van der Waals surface area contributed by atoms with E-state index in [2.05, 4.69) is 0 Å². The first-order chi connectivity index (χ1) is 14.1. The first-order valence-electron chi connectivity index (χ1n) is 10.4. The average molecular weight is 393 g/mol. The maximum Gasteiger partial charge on any atom is 0.318 e. The van der Waals surface area contributed by atoms with E-state index < -0.39 is 18.0 Å². The van der Waals surface area contributed by atoms with E-state index >= 15 is 0 Å². The Morgan fingerprint density at radius 2 is 1.52 bits per heavy atom. The summed E-state index contributed by atoms with van der Waals surface area (Å²) in [7, 11) is 1.82. The zero-order chi connectivity index (χ0) is 20.4. The van der Waals surface area contributed by atoms with Gasteiger partial charge in [-0.15, -0.1) is 0 Å². The summed E-state index contributed by atoms with van der Waals surface area (Å²) >= 11 is 0. The molecular formula is C24H27NO4. The molecule has 5 nitrogen and oxygen atoms in total. The minimum absolute atomic E-state index is 0.140. The number of ether oxygens (including phenoxy) is 2. The molecule has 0 N–H and O–H groups in total. The number of carbonyl (C=O) groups excluding carboxylic acids is 2. The minimum atomic E-state index is -0.823. The van der Waals surface area contributed by atoms with Gasteiger partial charge in [0.15, 0.2) is 6.10 Å². The zero-order valence-corrected chi connectivity index (χ0v) is 17.0. The predicted octanol–water partition coefficient (Wildman–Crippen LogP) is 4.65. The first kappa shape index (κ1) is 19.5. The quantitative estimate of drug-likeness (QED) is 0.710. The summed E-state index contributed by atoms with van der Waals surface area (Å²) in [4.78, 5) is 27.8. The zero-order valence-electron chi connectivity index (χ0n) is 17.0. The van der Waals surface area contributed by atoms with E-state index in [9.17, 15) is 9.59 Å². The Labute approximate surface area is 171 Å². The Hall–Kier alpha value is -2.82. The largest absolute Gasteiger partial charge is 0.457 e. The molecule has 1 aliphatic carbocycles. The van der Waals surface area contributed by atoms with Crippen LogP contribution in [0.15, 0.2) is 48.5 Å². The third kappa shape index (κ3) is 3.86. The molecule has 2 aromatic rings. The van der Waals surface area contributed by atoms with Crippen molar-refractivity contribution in [1.82, 2.24) is 4.90 Å². The highest BCUT2D eigenvalue weighted by molar-refractivity contribution is 5.89. The number of para-hydroxylation sites is 2. The Kier molecular flexibility index (Phi) is 5.56. The summed E-state index contributed by atoms with van der Waals surface area (Å²) in [5, 5.41) is 0. The number of hydrogen-bond acceptors (Lipinski definition) is 4. The van der Waals surface area contributed by atoms with E-state index in [0.717, 1.165) is 36.8 Å². The molecule has 29 heavy (non-hydrogen) atoms. The van der Waals surface area contributed by atoms with Crippen LogP contribution in [0.3, 0.4) is 0 Å². The summed E-state index contributed by atoms with van der Waals surface area (Å²) in [6.07, 6.45) is 4.73. The van der Waals surface area contributed by atoms with Gasteiger partial charge in [-0.25, -0.2) is 0 Å². The van der Waals surface area contributed by atoms with Gasteiger partial charge in [-0.2, -0.15) is 0 Å². The van der Waals surface area contributed by atoms with E-state index in [1.165, 1.54) is 6.42 Å². The van der Waals surface area contributed by atoms with E-state index in [4.69, 9.17) is 9.47 Å². The standard InChI is InChI=1S/C24H27NO4/c1-16(23(26)25(2)17-10-4-3-5-11-17)28-24(27)22-18-12-6-8-14-20(18)29-21-15-9-7-13-19(21)22/h6-9,12-17,22H,3-5,10-11H2,1-2H3/t16-/m0/s1. The molecule has 0 aromatic heterocycles. The van der Waals surface area contributed by atoms with E-state index in [1.54, 1.807) is 11.8 Å². The van der Waals surface area contributed by atoms with Crippen molar-refractivity contribution in [2.24, 2.45) is 0 Å². The molecule has 4 rings (SSSR count). The summed E-state index contributed by atoms with van der Waals surface area (Å²) in [5.41, 5.74) is 1.52. The third-order valence-electron chi connectivity index (χ3n) is 6.03. The third-order valence-corrected chi connectivity index (χ3v) is 6.03. The average Bonchev–Trinajstić information content (AvgIpc) is 2.76. The number of fused-ring (bicyclic) bond motifs is 2. The van der Waals surface area contributed by atoms with Crippen LogP contribution in [-0.4, -0.2) is 36.0 Å². The van der Waals surface area contributed by atoms with Crippen LogP contribution in [0.25, 0.3) is 0 Å². The maximum absolute atomic E-state index is 13.2. The second kappa shape index (κ2) is 8.27. The molecule has 1 atom stereocenters. The van der Waals surface area contributed by atoms with E-state index in [1.807, 2.05) is 55.6 Å². The molecule has 0 bridgehead atoms. The molecule has 2 aliphatic rings. The SMILES string of the molecule is C[C@H](OC(=O)C1c2ccccc2Oc2ccccc21)C(=O)N(C)C1CCCCC1. The molecule has 152 valence electrons. The van der Waals surface area contributed by atoms with Crippen LogP contribution in [-0.2, 0) is 14.3 Å². The predicted molar refractivity (Wildman–Crippen MR) is 110 cm³/mol. The van der Waals surface area contributed by atoms with Crippen LogP contribution >= 0.6 is 0 Å². The monoisotopic (exact) mass is 393 g/mol. The van der Waals surface area contributed by atoms with Gasteiger partial charge in [-0.05, 0) is 31.9 Å². The van der Waals surface area contributed by atoms with Crippen molar-refractivity contribution in [2.45, 2.75) is 57.1 Å². The number of benzene rings is 2. The molecular weight excluding hydrogens is 366 g/mol. The molecule has 0 radical (unpaired) electrons. The summed E-state index contributed by atoms with van der Waals surface area (Å²) in [6, 6.07) is 15.2. The lowest BCUT2D eigenvalue weighted by molar-refractivity contribution is -0.160. The highest BCUT2D eigenvalue weighted by atomic mass is 16.5. The molecule has 2 aromatic carbocycles. The fourth-order valence-electron chi connectivity index (χ4n) is 4.39. The highest BCUT2D eigenvalue weighted by Gasteiger charge is 2.36. The maximum atomic E-state index is 13.2. The Morgan fingerprint density at radius 3 is 2.10 bits per heavy atom. The summed E-state index contributed by atoms with van der Waals surface area (Å²) in [5.74, 6) is 0.120. The fraction of sp³-hybridized carbons (Fsp3) is 0.417. The van der Waals surface area contributed by atoms with Crippen molar-refractivity contribution >= 4 is 11.9 Å². The van der Waals surface area contributed by atoms with Crippen LogP contribution in [0, 0.1) is 0 Å². The second-order valence-electron chi connectivity index (χ2n) is 7.93. The fourth-order valence-corrected chi connectivity index (χ4v) is 4.39. The molecule has 1 aliphatic heterocycles. The lowest BCUT2D eigenvalue weighted by atomic mass is 9.88. The van der Waals surface area contributed by atoms with Crippen molar-refractivity contribution in [3.63, 3.8) is 0 Å². The van der Waals surface area contributed by atoms with E-state index in [0.29, 0.717) is 11.5 Å². The minimum Gasteiger partial charge on any atom is -0.457 e. The van der Waals surface area contributed by atoms with Crippen LogP contribution in [0.4, 0.5) is 0 Å². The molecule has 1 fully saturated rings. The Bertz CT molecular complexity index is 858. The molecule has 1 amide bonds. The lowest BCUT2D eigenvalue weighted by Crippen LogP contribution is -2.44. The van der Waals surface area contributed by atoms with Gasteiger partial charge in [0.25, 0.3) is 5.91 Å². The van der Waals surface area contributed by atoms with Gasteiger partial charge in [-0.1, -0.05) is 55.7 Å². The van der Waals surface area contributed by atoms with Gasteiger partial charge < -0.3 is 14.4 Å². The number of hydrogen-bond donors (Lipinski definition) is 0. The van der Waals surface area contributed by atoms with Crippen molar-refractivity contribution in [1.29, 1.82) is 0 Å². The van der Waals surface area contributed by atoms with Crippen LogP contribution in [0.5, 0.6) is 11.5 Å². The second-order valence-corrected chi connectivity index (χ2v) is 7.93. The van der Waals surface area contributed by atoms with Crippen LogP contribution in [0.1, 0.15) is 56.1 Å². The normalized spacial score (nSPS) is 17.4. The van der Waals surface area contributed by atoms with Crippen LogP contribution < -0.4 is 4.74 Å². The van der Waals surface area contributed by atoms with Crippen LogP contribution in [0.2, 0.25) is 0 Å². The molecule has 1 heterocycles. The number of nitrogens with zero attached hydrogens (tertiary/aromatic N) is 1. The lowest BCUT2D eigenvalue weighted by Gasteiger charge is -2.33. The summed E-state index contributed by atoms with van der Waals surface area (Å²) in [6.45, 7) is 1.66. The van der Waals surface area contributed by atoms with Gasteiger partial charge in [0.05, 0.1) is 0 Å². The number of likely N-dealkylation sites (N-methyl/N-ethyl adjacent to an activating group) is 1. The smallest absolute Gasteiger partial charge is 0.318 e. The molecule has 0 unspecified atom stereocenters. The highest BCUT2D eigenvalue weighted by Crippen LogP contribution is 2.44. The number of amides is 1. The molecule has 0 spiro atoms. The van der Waals surface area contributed by atoms with Gasteiger partial charge in [0, 0.05) is 24.2 Å². The van der Waals surface area contributed by atoms with Gasteiger partial charge in [-0.3, -0.25) is 9.59 Å².